The number of ether oxygens (including phenoxy) is 1. The third kappa shape index (κ3) is 2.08. The molecule has 2 N–H and O–H groups in total. The molecule has 0 radical (unpaired) electrons. The number of aromatic nitrogens is 3. The fraction of sp³-hybridized carbons (Fsp3) is 0.182. The van der Waals surface area contributed by atoms with E-state index >= 15 is 0 Å². The van der Waals surface area contributed by atoms with Gasteiger partial charge in [-0.1, -0.05) is 0 Å². The zero-order chi connectivity index (χ0) is 11.5. The summed E-state index contributed by atoms with van der Waals surface area (Å²) in [6.07, 6.45) is 1.69. The molecule has 2 aromatic heterocycles. The summed E-state index contributed by atoms with van der Waals surface area (Å²) in [4.78, 5) is 12.4. The number of aryl methyl sites for hydroxylation is 1. The van der Waals surface area contributed by atoms with Gasteiger partial charge in [0.25, 0.3) is 0 Å². The largest absolute Gasteiger partial charge is 0.481 e. The Balaban J connectivity index is 2.42. The molecule has 0 amide bonds. The van der Waals surface area contributed by atoms with Gasteiger partial charge in [0.05, 0.1) is 12.8 Å². The van der Waals surface area contributed by atoms with E-state index in [1.54, 1.807) is 32.4 Å². The van der Waals surface area contributed by atoms with Crippen LogP contribution in [-0.4, -0.2) is 22.1 Å². The summed E-state index contributed by atoms with van der Waals surface area (Å²) >= 11 is 0. The minimum atomic E-state index is 0.457. The van der Waals surface area contributed by atoms with Gasteiger partial charge >= 0.3 is 0 Å². The predicted octanol–water partition coefficient (Wildman–Crippen LogP) is 1.44. The van der Waals surface area contributed by atoms with Gasteiger partial charge in [-0.25, -0.2) is 15.0 Å². The Morgan fingerprint density at radius 1 is 1.25 bits per heavy atom. The minimum Gasteiger partial charge on any atom is -0.481 e. The molecule has 0 unspecified atom stereocenters. The van der Waals surface area contributed by atoms with E-state index in [9.17, 15) is 0 Å². The number of methoxy groups -OCH3 is 1. The van der Waals surface area contributed by atoms with Crippen molar-refractivity contribution in [3.8, 4) is 17.1 Å². The highest BCUT2D eigenvalue weighted by Gasteiger charge is 2.03. The molecule has 2 aromatic rings. The van der Waals surface area contributed by atoms with Crippen LogP contribution in [0.15, 0.2) is 24.4 Å². The quantitative estimate of drug-likeness (QED) is 0.822. The molecule has 5 heteroatoms. The van der Waals surface area contributed by atoms with Crippen LogP contribution in [0.25, 0.3) is 11.3 Å². The maximum atomic E-state index is 5.66. The molecule has 2 heterocycles. The number of hydrogen-bond donors (Lipinski definition) is 1. The molecule has 0 atom stereocenters. The lowest BCUT2D eigenvalue weighted by Crippen LogP contribution is -1.97. The number of hydrogen-bond acceptors (Lipinski definition) is 5. The van der Waals surface area contributed by atoms with Crippen LogP contribution in [0.5, 0.6) is 5.88 Å². The Morgan fingerprint density at radius 3 is 2.62 bits per heavy atom. The van der Waals surface area contributed by atoms with Gasteiger partial charge in [-0.05, 0) is 13.0 Å². The van der Waals surface area contributed by atoms with Crippen molar-refractivity contribution in [1.82, 2.24) is 15.0 Å². The minimum absolute atomic E-state index is 0.457. The van der Waals surface area contributed by atoms with E-state index in [-0.39, 0.29) is 0 Å². The molecule has 0 spiro atoms. The Kier molecular flexibility index (Phi) is 2.68. The first-order valence-corrected chi connectivity index (χ1v) is 4.80. The normalized spacial score (nSPS) is 10.1. The van der Waals surface area contributed by atoms with Crippen LogP contribution in [0.4, 0.5) is 5.82 Å². The summed E-state index contributed by atoms with van der Waals surface area (Å²) in [6, 6.07) is 5.38. The van der Waals surface area contributed by atoms with Gasteiger partial charge in [-0.15, -0.1) is 0 Å². The van der Waals surface area contributed by atoms with Crippen LogP contribution in [-0.2, 0) is 0 Å². The van der Waals surface area contributed by atoms with Crippen LogP contribution in [0.1, 0.15) is 5.82 Å². The van der Waals surface area contributed by atoms with Crippen molar-refractivity contribution < 1.29 is 4.74 Å². The molecular formula is C11H12N4O. The van der Waals surface area contributed by atoms with E-state index in [2.05, 4.69) is 15.0 Å². The van der Waals surface area contributed by atoms with E-state index in [0.29, 0.717) is 17.5 Å². The van der Waals surface area contributed by atoms with Crippen molar-refractivity contribution in [3.63, 3.8) is 0 Å². The highest BCUT2D eigenvalue weighted by molar-refractivity contribution is 5.61. The first kappa shape index (κ1) is 10.4. The Morgan fingerprint density at radius 2 is 2.06 bits per heavy atom. The van der Waals surface area contributed by atoms with E-state index in [1.807, 2.05) is 6.07 Å². The SMILES string of the molecule is COc1ccc(-c2cc(N)nc(C)n2)cn1. The van der Waals surface area contributed by atoms with Gasteiger partial charge < -0.3 is 10.5 Å². The average Bonchev–Trinajstić information content (AvgIpc) is 2.28. The van der Waals surface area contributed by atoms with Crippen molar-refractivity contribution in [2.45, 2.75) is 6.92 Å². The molecule has 0 aliphatic carbocycles. The van der Waals surface area contributed by atoms with Gasteiger partial charge in [0.2, 0.25) is 5.88 Å². The molecular weight excluding hydrogens is 204 g/mol. The molecule has 82 valence electrons. The maximum absolute atomic E-state index is 5.66. The first-order chi connectivity index (χ1) is 7.69. The molecule has 2 rings (SSSR count). The molecule has 0 fully saturated rings. The van der Waals surface area contributed by atoms with E-state index in [1.165, 1.54) is 0 Å². The number of pyridine rings is 1. The van der Waals surface area contributed by atoms with Gasteiger partial charge in [0, 0.05) is 23.9 Å². The van der Waals surface area contributed by atoms with Crippen LogP contribution in [0.3, 0.4) is 0 Å². The van der Waals surface area contributed by atoms with Crippen molar-refractivity contribution in [1.29, 1.82) is 0 Å². The van der Waals surface area contributed by atoms with E-state index < -0.39 is 0 Å². The fourth-order valence-electron chi connectivity index (χ4n) is 1.39. The predicted molar refractivity (Wildman–Crippen MR) is 61.0 cm³/mol. The second-order valence-corrected chi connectivity index (χ2v) is 3.31. The number of anilines is 1. The van der Waals surface area contributed by atoms with Gasteiger partial charge in [0.15, 0.2) is 0 Å². The van der Waals surface area contributed by atoms with Gasteiger partial charge in [-0.3, -0.25) is 0 Å². The summed E-state index contributed by atoms with van der Waals surface area (Å²) in [7, 11) is 1.58. The van der Waals surface area contributed by atoms with Crippen LogP contribution >= 0.6 is 0 Å². The fourth-order valence-corrected chi connectivity index (χ4v) is 1.39. The molecule has 0 saturated carbocycles. The highest BCUT2D eigenvalue weighted by Crippen LogP contribution is 2.19. The zero-order valence-electron chi connectivity index (χ0n) is 9.14. The lowest BCUT2D eigenvalue weighted by molar-refractivity contribution is 0.398. The molecule has 0 saturated heterocycles. The Hall–Kier alpha value is -2.17. The summed E-state index contributed by atoms with van der Waals surface area (Å²) in [6.45, 7) is 1.80. The van der Waals surface area contributed by atoms with E-state index in [4.69, 9.17) is 10.5 Å². The number of rotatable bonds is 2. The Bertz CT molecular complexity index is 476. The summed E-state index contributed by atoms with van der Waals surface area (Å²) in [5.74, 6) is 1.67. The molecule has 16 heavy (non-hydrogen) atoms. The lowest BCUT2D eigenvalue weighted by atomic mass is 10.2. The second kappa shape index (κ2) is 4.14. The number of nitrogens with zero attached hydrogens (tertiary/aromatic N) is 3. The average molecular weight is 216 g/mol. The molecule has 0 aliphatic rings. The summed E-state index contributed by atoms with van der Waals surface area (Å²) < 4.78 is 4.98. The standard InChI is InChI=1S/C11H12N4O/c1-7-14-9(5-10(12)15-7)8-3-4-11(16-2)13-6-8/h3-6H,1-2H3,(H2,12,14,15). The van der Waals surface area contributed by atoms with Crippen LogP contribution < -0.4 is 10.5 Å². The van der Waals surface area contributed by atoms with Crippen LogP contribution in [0.2, 0.25) is 0 Å². The monoisotopic (exact) mass is 216 g/mol. The van der Waals surface area contributed by atoms with Crippen molar-refractivity contribution in [3.05, 3.63) is 30.2 Å². The molecule has 5 nitrogen and oxygen atoms in total. The number of nitrogen functional groups attached to an aromatic ring is 1. The van der Waals surface area contributed by atoms with Crippen molar-refractivity contribution in [2.24, 2.45) is 0 Å². The van der Waals surface area contributed by atoms with Gasteiger partial charge in [0.1, 0.15) is 11.6 Å². The summed E-state index contributed by atoms with van der Waals surface area (Å²) in [5, 5.41) is 0. The maximum Gasteiger partial charge on any atom is 0.212 e. The van der Waals surface area contributed by atoms with Crippen molar-refractivity contribution in [2.75, 3.05) is 12.8 Å². The lowest BCUT2D eigenvalue weighted by Gasteiger charge is -2.04. The third-order valence-corrected chi connectivity index (χ3v) is 2.10. The zero-order valence-corrected chi connectivity index (χ0v) is 9.14. The molecule has 0 bridgehead atoms. The van der Waals surface area contributed by atoms with E-state index in [0.717, 1.165) is 11.3 Å². The van der Waals surface area contributed by atoms with Gasteiger partial charge in [-0.2, -0.15) is 0 Å². The van der Waals surface area contributed by atoms with Crippen molar-refractivity contribution >= 4 is 5.82 Å². The highest BCUT2D eigenvalue weighted by atomic mass is 16.5. The third-order valence-electron chi connectivity index (χ3n) is 2.10. The topological polar surface area (TPSA) is 73.9 Å². The Labute approximate surface area is 93.3 Å². The van der Waals surface area contributed by atoms with Crippen LogP contribution in [0, 0.1) is 6.92 Å². The summed E-state index contributed by atoms with van der Waals surface area (Å²) in [5.41, 5.74) is 7.31. The smallest absolute Gasteiger partial charge is 0.212 e. The second-order valence-electron chi connectivity index (χ2n) is 3.31. The molecule has 0 aliphatic heterocycles. The first-order valence-electron chi connectivity index (χ1n) is 4.80. The molecule has 0 aromatic carbocycles. The number of nitrogens with two attached hydrogens (primary N) is 1.